The summed E-state index contributed by atoms with van der Waals surface area (Å²) in [6.45, 7) is 2.04. The molecule has 0 N–H and O–H groups in total. The average Bonchev–Trinajstić information content (AvgIpc) is 2.74. The minimum absolute atomic E-state index is 0.208. The number of aryl methyl sites for hydroxylation is 1. The Balaban J connectivity index is 2.17. The lowest BCUT2D eigenvalue weighted by atomic mass is 10.0. The molecule has 0 saturated heterocycles. The van der Waals surface area contributed by atoms with E-state index in [0.29, 0.717) is 6.42 Å². The van der Waals surface area contributed by atoms with Crippen LogP contribution in [0.4, 0.5) is 0 Å². The topological polar surface area (TPSA) is 17.1 Å². The fraction of sp³-hybridized carbons (Fsp3) is 0.154. The third-order valence-electron chi connectivity index (χ3n) is 2.41. The lowest BCUT2D eigenvalue weighted by Gasteiger charge is -2.02. The minimum Gasteiger partial charge on any atom is -0.293 e. The van der Waals surface area contributed by atoms with Crippen LogP contribution in [0.1, 0.15) is 20.8 Å². The van der Waals surface area contributed by atoms with E-state index in [9.17, 15) is 4.79 Å². The highest BCUT2D eigenvalue weighted by molar-refractivity contribution is 7.12. The van der Waals surface area contributed by atoms with Crippen LogP contribution < -0.4 is 0 Å². The van der Waals surface area contributed by atoms with Crippen molar-refractivity contribution in [2.75, 3.05) is 0 Å². The Morgan fingerprint density at radius 2 is 2.00 bits per heavy atom. The van der Waals surface area contributed by atoms with Crippen molar-refractivity contribution in [1.82, 2.24) is 0 Å². The molecule has 0 saturated carbocycles. The first-order valence-electron chi connectivity index (χ1n) is 4.88. The summed E-state index contributed by atoms with van der Waals surface area (Å²) in [5.74, 6) is 0.208. The third-order valence-corrected chi connectivity index (χ3v) is 3.32. The predicted octanol–water partition coefficient (Wildman–Crippen LogP) is 3.48. The van der Waals surface area contributed by atoms with E-state index in [0.717, 1.165) is 10.4 Å². The summed E-state index contributed by atoms with van der Waals surface area (Å²) in [6, 6.07) is 11.8. The minimum atomic E-state index is 0.208. The van der Waals surface area contributed by atoms with Gasteiger partial charge in [-0.2, -0.15) is 0 Å². The highest BCUT2D eigenvalue weighted by Gasteiger charge is 2.08. The molecule has 0 amide bonds. The molecular weight excluding hydrogens is 204 g/mol. The zero-order valence-corrected chi connectivity index (χ0v) is 9.38. The van der Waals surface area contributed by atoms with Crippen LogP contribution in [0.3, 0.4) is 0 Å². The standard InChI is InChI=1S/C13H12OS/c1-10-5-2-3-6-11(10)9-12(14)13-7-4-8-15-13/h2-8H,9H2,1H3. The molecular formula is C13H12OS. The monoisotopic (exact) mass is 216 g/mol. The number of ketones is 1. The summed E-state index contributed by atoms with van der Waals surface area (Å²) in [7, 11) is 0. The van der Waals surface area contributed by atoms with Crippen LogP contribution >= 0.6 is 11.3 Å². The number of rotatable bonds is 3. The fourth-order valence-corrected chi connectivity index (χ4v) is 2.17. The predicted molar refractivity (Wildman–Crippen MR) is 63.5 cm³/mol. The SMILES string of the molecule is Cc1ccccc1CC(=O)c1cccs1. The van der Waals surface area contributed by atoms with Crippen molar-refractivity contribution in [2.45, 2.75) is 13.3 Å². The number of carbonyl (C=O) groups excluding carboxylic acids is 1. The van der Waals surface area contributed by atoms with E-state index >= 15 is 0 Å². The smallest absolute Gasteiger partial charge is 0.177 e. The largest absolute Gasteiger partial charge is 0.293 e. The molecule has 0 bridgehead atoms. The van der Waals surface area contributed by atoms with Crippen LogP contribution in [-0.4, -0.2) is 5.78 Å². The molecule has 0 aliphatic heterocycles. The van der Waals surface area contributed by atoms with Crippen LogP contribution in [0.15, 0.2) is 41.8 Å². The maximum absolute atomic E-state index is 11.8. The van der Waals surface area contributed by atoms with Gasteiger partial charge in [-0.05, 0) is 29.5 Å². The highest BCUT2D eigenvalue weighted by atomic mass is 32.1. The molecule has 1 aromatic carbocycles. The Bertz CT molecular complexity index is 457. The molecule has 2 aromatic rings. The normalized spacial score (nSPS) is 10.2. The van der Waals surface area contributed by atoms with Gasteiger partial charge in [0.05, 0.1) is 4.88 Å². The van der Waals surface area contributed by atoms with Gasteiger partial charge >= 0.3 is 0 Å². The average molecular weight is 216 g/mol. The Kier molecular flexibility index (Phi) is 2.97. The Labute approximate surface area is 93.4 Å². The van der Waals surface area contributed by atoms with Gasteiger partial charge in [0.1, 0.15) is 0 Å². The second kappa shape index (κ2) is 4.41. The molecule has 0 unspecified atom stereocenters. The van der Waals surface area contributed by atoms with Crippen molar-refractivity contribution in [3.05, 3.63) is 57.8 Å². The first kappa shape index (κ1) is 10.1. The van der Waals surface area contributed by atoms with Crippen molar-refractivity contribution in [3.8, 4) is 0 Å². The number of hydrogen-bond donors (Lipinski definition) is 0. The molecule has 1 aromatic heterocycles. The van der Waals surface area contributed by atoms with Crippen molar-refractivity contribution in [1.29, 1.82) is 0 Å². The third kappa shape index (κ3) is 2.34. The van der Waals surface area contributed by atoms with E-state index in [1.54, 1.807) is 0 Å². The van der Waals surface area contributed by atoms with Crippen LogP contribution in [0.5, 0.6) is 0 Å². The van der Waals surface area contributed by atoms with E-state index in [1.807, 2.05) is 48.7 Å². The molecule has 0 radical (unpaired) electrons. The van der Waals surface area contributed by atoms with Gasteiger partial charge in [-0.1, -0.05) is 30.3 Å². The van der Waals surface area contributed by atoms with Crippen LogP contribution in [0, 0.1) is 6.92 Å². The first-order valence-corrected chi connectivity index (χ1v) is 5.76. The lowest BCUT2D eigenvalue weighted by molar-refractivity contribution is 0.0996. The molecule has 1 nitrogen and oxygen atoms in total. The van der Waals surface area contributed by atoms with Crippen LogP contribution in [0.25, 0.3) is 0 Å². The van der Waals surface area contributed by atoms with Crippen molar-refractivity contribution >= 4 is 17.1 Å². The number of carbonyl (C=O) groups is 1. The van der Waals surface area contributed by atoms with E-state index in [2.05, 4.69) is 0 Å². The Morgan fingerprint density at radius 3 is 2.67 bits per heavy atom. The lowest BCUT2D eigenvalue weighted by Crippen LogP contribution is -2.02. The van der Waals surface area contributed by atoms with Gasteiger partial charge in [0.2, 0.25) is 0 Å². The molecule has 0 aliphatic rings. The van der Waals surface area contributed by atoms with Gasteiger partial charge in [-0.3, -0.25) is 4.79 Å². The summed E-state index contributed by atoms with van der Waals surface area (Å²) in [4.78, 5) is 12.7. The second-order valence-electron chi connectivity index (χ2n) is 3.50. The maximum atomic E-state index is 11.8. The molecule has 0 fully saturated rings. The van der Waals surface area contributed by atoms with Crippen LogP contribution in [0.2, 0.25) is 0 Å². The first-order chi connectivity index (χ1) is 7.27. The molecule has 2 rings (SSSR count). The van der Waals surface area contributed by atoms with Gasteiger partial charge in [-0.25, -0.2) is 0 Å². The molecule has 76 valence electrons. The van der Waals surface area contributed by atoms with Gasteiger partial charge in [0.15, 0.2) is 5.78 Å². The van der Waals surface area contributed by atoms with Crippen LogP contribution in [-0.2, 0) is 6.42 Å². The quantitative estimate of drug-likeness (QED) is 0.718. The zero-order valence-electron chi connectivity index (χ0n) is 8.57. The van der Waals surface area contributed by atoms with E-state index in [4.69, 9.17) is 0 Å². The molecule has 0 spiro atoms. The van der Waals surface area contributed by atoms with Gasteiger partial charge in [0.25, 0.3) is 0 Å². The summed E-state index contributed by atoms with van der Waals surface area (Å²) >= 11 is 1.51. The van der Waals surface area contributed by atoms with E-state index in [-0.39, 0.29) is 5.78 Å². The van der Waals surface area contributed by atoms with E-state index in [1.165, 1.54) is 16.9 Å². The molecule has 0 atom stereocenters. The van der Waals surface area contributed by atoms with Gasteiger partial charge in [0, 0.05) is 6.42 Å². The zero-order chi connectivity index (χ0) is 10.7. The summed E-state index contributed by atoms with van der Waals surface area (Å²) < 4.78 is 0. The van der Waals surface area contributed by atoms with Gasteiger partial charge in [-0.15, -0.1) is 11.3 Å². The highest BCUT2D eigenvalue weighted by Crippen LogP contribution is 2.14. The second-order valence-corrected chi connectivity index (χ2v) is 4.45. The number of thiophene rings is 1. The molecule has 0 aliphatic carbocycles. The fourth-order valence-electron chi connectivity index (χ4n) is 1.51. The van der Waals surface area contributed by atoms with Gasteiger partial charge < -0.3 is 0 Å². The Morgan fingerprint density at radius 1 is 1.20 bits per heavy atom. The number of hydrogen-bond acceptors (Lipinski definition) is 2. The summed E-state index contributed by atoms with van der Waals surface area (Å²) in [5, 5.41) is 1.94. The summed E-state index contributed by atoms with van der Waals surface area (Å²) in [6.07, 6.45) is 0.507. The number of Topliss-reactive ketones (excluding diaryl/α,β-unsaturated/α-hetero) is 1. The molecule has 1 heterocycles. The Hall–Kier alpha value is -1.41. The van der Waals surface area contributed by atoms with Crippen molar-refractivity contribution in [3.63, 3.8) is 0 Å². The maximum Gasteiger partial charge on any atom is 0.177 e. The molecule has 2 heteroatoms. The molecule has 15 heavy (non-hydrogen) atoms. The van der Waals surface area contributed by atoms with Crippen molar-refractivity contribution in [2.24, 2.45) is 0 Å². The number of benzene rings is 1. The van der Waals surface area contributed by atoms with Crippen molar-refractivity contribution < 1.29 is 4.79 Å². The van der Waals surface area contributed by atoms with E-state index < -0.39 is 0 Å². The summed E-state index contributed by atoms with van der Waals surface area (Å²) in [5.41, 5.74) is 2.30.